The van der Waals surface area contributed by atoms with Crippen LogP contribution in [0.25, 0.3) is 0 Å². The molecule has 0 radical (unpaired) electrons. The Morgan fingerprint density at radius 2 is 2.44 bits per heavy atom. The van der Waals surface area contributed by atoms with E-state index in [0.29, 0.717) is 5.54 Å². The summed E-state index contributed by atoms with van der Waals surface area (Å²) in [6.45, 7) is 4.56. The third-order valence-electron chi connectivity index (χ3n) is 2.02. The van der Waals surface area contributed by atoms with Gasteiger partial charge < -0.3 is 10.6 Å². The smallest absolute Gasteiger partial charge is 0.0278 e. The van der Waals surface area contributed by atoms with Crippen LogP contribution >= 0.6 is 0 Å². The van der Waals surface area contributed by atoms with Crippen molar-refractivity contribution in [1.82, 2.24) is 10.6 Å². The van der Waals surface area contributed by atoms with Crippen molar-refractivity contribution in [2.45, 2.75) is 25.3 Å². The molecule has 1 saturated heterocycles. The fourth-order valence-electron chi connectivity index (χ4n) is 1.50. The van der Waals surface area contributed by atoms with E-state index in [2.05, 4.69) is 17.6 Å². The van der Waals surface area contributed by atoms with Crippen molar-refractivity contribution in [2.75, 3.05) is 20.1 Å². The number of nitrogens with one attached hydrogen (secondary N) is 2. The Labute approximate surface area is 57.0 Å². The largest absolute Gasteiger partial charge is 0.318 e. The van der Waals surface area contributed by atoms with Crippen molar-refractivity contribution in [1.29, 1.82) is 0 Å². The molecule has 2 N–H and O–H groups in total. The lowest BCUT2D eigenvalue weighted by Gasteiger charge is -2.23. The molecule has 54 valence electrons. The molecule has 1 atom stereocenters. The highest BCUT2D eigenvalue weighted by Gasteiger charge is 2.26. The summed E-state index contributed by atoms with van der Waals surface area (Å²) in [6.07, 6.45) is 2.64. The third kappa shape index (κ3) is 1.66. The first-order valence-electron chi connectivity index (χ1n) is 3.66. The molecule has 1 rings (SSSR count). The van der Waals surface area contributed by atoms with E-state index in [9.17, 15) is 0 Å². The van der Waals surface area contributed by atoms with E-state index in [1.54, 1.807) is 0 Å². The van der Waals surface area contributed by atoms with Gasteiger partial charge in [0.25, 0.3) is 0 Å². The molecule has 0 aromatic heterocycles. The van der Waals surface area contributed by atoms with Crippen LogP contribution in [0.4, 0.5) is 0 Å². The van der Waals surface area contributed by atoms with Gasteiger partial charge in [-0.25, -0.2) is 0 Å². The molecule has 2 nitrogen and oxygen atoms in total. The molecule has 1 aliphatic rings. The predicted octanol–water partition coefficient (Wildman–Crippen LogP) is 0.348. The molecule has 0 bridgehead atoms. The summed E-state index contributed by atoms with van der Waals surface area (Å²) in [5.74, 6) is 0. The standard InChI is InChI=1S/C7H16N2/c1-7(6-8-2)4-3-5-9-7/h8-9H,3-6H2,1-2H3. The molecule has 0 aliphatic carbocycles. The Kier molecular flexibility index (Phi) is 2.09. The van der Waals surface area contributed by atoms with Gasteiger partial charge in [0.05, 0.1) is 0 Å². The quantitative estimate of drug-likeness (QED) is 0.560. The fourth-order valence-corrected chi connectivity index (χ4v) is 1.50. The minimum Gasteiger partial charge on any atom is -0.318 e. The molecule has 1 heterocycles. The third-order valence-corrected chi connectivity index (χ3v) is 2.02. The number of rotatable bonds is 2. The molecular weight excluding hydrogens is 112 g/mol. The summed E-state index contributed by atoms with van der Waals surface area (Å²) in [5, 5.41) is 6.66. The van der Waals surface area contributed by atoms with Gasteiger partial charge in [-0.3, -0.25) is 0 Å². The molecule has 0 amide bonds. The highest BCUT2D eigenvalue weighted by Crippen LogP contribution is 2.16. The SMILES string of the molecule is CNCC1(C)CCCN1. The van der Waals surface area contributed by atoms with E-state index in [4.69, 9.17) is 0 Å². The number of likely N-dealkylation sites (N-methyl/N-ethyl adjacent to an activating group) is 1. The van der Waals surface area contributed by atoms with Crippen LogP contribution in [0.1, 0.15) is 19.8 Å². The minimum atomic E-state index is 0.384. The van der Waals surface area contributed by atoms with Gasteiger partial charge in [0.1, 0.15) is 0 Å². The van der Waals surface area contributed by atoms with Crippen LogP contribution in [0.2, 0.25) is 0 Å². The van der Waals surface area contributed by atoms with Crippen LogP contribution in [-0.4, -0.2) is 25.7 Å². The maximum Gasteiger partial charge on any atom is 0.0278 e. The zero-order chi connectivity index (χ0) is 6.74. The van der Waals surface area contributed by atoms with Crippen LogP contribution in [0, 0.1) is 0 Å². The van der Waals surface area contributed by atoms with Gasteiger partial charge in [0.2, 0.25) is 0 Å². The number of hydrogen-bond acceptors (Lipinski definition) is 2. The van der Waals surface area contributed by atoms with Gasteiger partial charge in [-0.05, 0) is 33.4 Å². The van der Waals surface area contributed by atoms with Crippen molar-refractivity contribution in [3.05, 3.63) is 0 Å². The van der Waals surface area contributed by atoms with E-state index < -0.39 is 0 Å². The summed E-state index contributed by atoms with van der Waals surface area (Å²) in [4.78, 5) is 0. The van der Waals surface area contributed by atoms with Crippen LogP contribution in [-0.2, 0) is 0 Å². The molecule has 1 aliphatic heterocycles. The second-order valence-electron chi connectivity index (χ2n) is 3.12. The summed E-state index contributed by atoms with van der Waals surface area (Å²) in [7, 11) is 2.01. The van der Waals surface area contributed by atoms with E-state index in [0.717, 1.165) is 6.54 Å². The van der Waals surface area contributed by atoms with Gasteiger partial charge in [-0.1, -0.05) is 0 Å². The molecule has 2 heteroatoms. The zero-order valence-electron chi connectivity index (χ0n) is 6.33. The highest BCUT2D eigenvalue weighted by atomic mass is 15.0. The van der Waals surface area contributed by atoms with Gasteiger partial charge in [-0.2, -0.15) is 0 Å². The van der Waals surface area contributed by atoms with Crippen LogP contribution in [0.15, 0.2) is 0 Å². The van der Waals surface area contributed by atoms with Crippen molar-refractivity contribution in [2.24, 2.45) is 0 Å². The lowest BCUT2D eigenvalue weighted by atomic mass is 10.0. The lowest BCUT2D eigenvalue weighted by molar-refractivity contribution is 0.399. The molecule has 1 unspecified atom stereocenters. The fraction of sp³-hybridized carbons (Fsp3) is 1.00. The second kappa shape index (κ2) is 2.67. The second-order valence-corrected chi connectivity index (χ2v) is 3.12. The van der Waals surface area contributed by atoms with Gasteiger partial charge >= 0.3 is 0 Å². The zero-order valence-corrected chi connectivity index (χ0v) is 6.33. The van der Waals surface area contributed by atoms with Crippen LogP contribution < -0.4 is 10.6 Å². The molecule has 0 aromatic rings. The molecule has 0 saturated carbocycles. The summed E-state index contributed by atoms with van der Waals surface area (Å²) in [6, 6.07) is 0. The van der Waals surface area contributed by atoms with Gasteiger partial charge in [0.15, 0.2) is 0 Å². The Morgan fingerprint density at radius 1 is 1.67 bits per heavy atom. The van der Waals surface area contributed by atoms with Gasteiger partial charge in [0, 0.05) is 12.1 Å². The molecule has 9 heavy (non-hydrogen) atoms. The summed E-state index contributed by atoms with van der Waals surface area (Å²) < 4.78 is 0. The lowest BCUT2D eigenvalue weighted by Crippen LogP contribution is -2.44. The highest BCUT2D eigenvalue weighted by molar-refractivity contribution is 4.89. The Hall–Kier alpha value is -0.0800. The summed E-state index contributed by atoms with van der Waals surface area (Å²) in [5.41, 5.74) is 0.384. The average Bonchev–Trinajstić information content (AvgIpc) is 2.16. The summed E-state index contributed by atoms with van der Waals surface area (Å²) >= 11 is 0. The van der Waals surface area contributed by atoms with E-state index in [-0.39, 0.29) is 0 Å². The first-order valence-corrected chi connectivity index (χ1v) is 3.66. The monoisotopic (exact) mass is 128 g/mol. The first kappa shape index (κ1) is 7.03. The predicted molar refractivity (Wildman–Crippen MR) is 39.6 cm³/mol. The van der Waals surface area contributed by atoms with Crippen molar-refractivity contribution < 1.29 is 0 Å². The molecule has 0 spiro atoms. The normalized spacial score (nSPS) is 35.3. The maximum atomic E-state index is 3.47. The molecule has 0 aromatic carbocycles. The van der Waals surface area contributed by atoms with Crippen LogP contribution in [0.3, 0.4) is 0 Å². The topological polar surface area (TPSA) is 24.1 Å². The Bertz CT molecular complexity index is 84.9. The Balaban J connectivity index is 2.32. The van der Waals surface area contributed by atoms with E-state index in [1.807, 2.05) is 7.05 Å². The van der Waals surface area contributed by atoms with E-state index >= 15 is 0 Å². The van der Waals surface area contributed by atoms with Crippen molar-refractivity contribution in [3.8, 4) is 0 Å². The van der Waals surface area contributed by atoms with E-state index in [1.165, 1.54) is 19.4 Å². The van der Waals surface area contributed by atoms with Crippen LogP contribution in [0.5, 0.6) is 0 Å². The Morgan fingerprint density at radius 3 is 2.89 bits per heavy atom. The molecule has 1 fully saturated rings. The maximum absolute atomic E-state index is 3.47. The van der Waals surface area contributed by atoms with Crippen molar-refractivity contribution in [3.63, 3.8) is 0 Å². The van der Waals surface area contributed by atoms with Gasteiger partial charge in [-0.15, -0.1) is 0 Å². The first-order chi connectivity index (χ1) is 4.27. The van der Waals surface area contributed by atoms with Crippen molar-refractivity contribution >= 4 is 0 Å². The number of hydrogen-bond donors (Lipinski definition) is 2. The average molecular weight is 128 g/mol. The minimum absolute atomic E-state index is 0.384. The molecular formula is C7H16N2.